The van der Waals surface area contributed by atoms with Crippen molar-refractivity contribution in [3.8, 4) is 0 Å². The van der Waals surface area contributed by atoms with Crippen molar-refractivity contribution in [1.29, 1.82) is 5.41 Å². The third kappa shape index (κ3) is 4.53. The number of rotatable bonds is 8. The molecule has 2 rings (SSSR count). The van der Waals surface area contributed by atoms with Gasteiger partial charge in [0.2, 0.25) is 5.95 Å². The second kappa shape index (κ2) is 8.21. The summed E-state index contributed by atoms with van der Waals surface area (Å²) in [5.41, 5.74) is 0.225. The largest absolute Gasteiger partial charge is 0.364 e. The number of alkyl halides is 2. The lowest BCUT2D eigenvalue weighted by Crippen LogP contribution is -2.39. The van der Waals surface area contributed by atoms with Crippen molar-refractivity contribution in [2.45, 2.75) is 32.2 Å². The molecule has 0 spiro atoms. The maximum absolute atomic E-state index is 14.0. The molecule has 140 valence electrons. The maximum Gasteiger partial charge on any atom is 0.280 e. The van der Waals surface area contributed by atoms with Crippen LogP contribution >= 0.6 is 0 Å². The minimum atomic E-state index is -3.24. The monoisotopic (exact) mass is 365 g/mol. The smallest absolute Gasteiger partial charge is 0.280 e. The number of nitrogens with one attached hydrogen (secondary N) is 2. The number of hydrogen-bond donors (Lipinski definition) is 2. The average Bonchev–Trinajstić information content (AvgIpc) is 3.43. The molecule has 1 aromatic rings. The molecule has 1 saturated carbocycles. The van der Waals surface area contributed by atoms with E-state index < -0.39 is 29.6 Å². The van der Waals surface area contributed by atoms with Crippen LogP contribution < -0.4 is 5.32 Å². The van der Waals surface area contributed by atoms with Gasteiger partial charge in [0.05, 0.1) is 0 Å². The quantitative estimate of drug-likeness (QED) is 0.419. The fraction of sp³-hybridized carbons (Fsp3) is 0.368. The topological polar surface area (TPSA) is 56.2 Å². The van der Waals surface area contributed by atoms with Gasteiger partial charge in [0, 0.05) is 19.6 Å². The number of halogens is 3. The van der Waals surface area contributed by atoms with Gasteiger partial charge < -0.3 is 10.2 Å². The number of amides is 1. The van der Waals surface area contributed by atoms with Crippen LogP contribution in [0.15, 0.2) is 42.4 Å². The number of benzene rings is 1. The second-order valence-electron chi connectivity index (χ2n) is 6.29. The van der Waals surface area contributed by atoms with Crippen molar-refractivity contribution in [1.82, 2.24) is 10.2 Å². The maximum atomic E-state index is 14.0. The third-order valence-corrected chi connectivity index (χ3v) is 4.18. The Morgan fingerprint density at radius 2 is 2.08 bits per heavy atom. The van der Waals surface area contributed by atoms with Gasteiger partial charge in [0.1, 0.15) is 11.3 Å². The van der Waals surface area contributed by atoms with Crippen LogP contribution in [0.1, 0.15) is 24.0 Å². The lowest BCUT2D eigenvalue weighted by atomic mass is 10.0. The van der Waals surface area contributed by atoms with E-state index in [1.165, 1.54) is 11.9 Å². The molecule has 1 aliphatic carbocycles. The molecule has 1 aromatic carbocycles. The zero-order valence-corrected chi connectivity index (χ0v) is 14.8. The lowest BCUT2D eigenvalue weighted by molar-refractivity contribution is -0.126. The number of aryl methyl sites for hydroxylation is 1. The predicted octanol–water partition coefficient (Wildman–Crippen LogP) is 3.68. The van der Waals surface area contributed by atoms with Gasteiger partial charge in [-0.15, -0.1) is 0 Å². The van der Waals surface area contributed by atoms with Gasteiger partial charge in [0.15, 0.2) is 0 Å². The molecule has 0 unspecified atom stereocenters. The summed E-state index contributed by atoms with van der Waals surface area (Å²) in [6.45, 7) is 5.99. The van der Waals surface area contributed by atoms with Gasteiger partial charge in [0.25, 0.3) is 12.3 Å². The fourth-order valence-electron chi connectivity index (χ4n) is 2.62. The highest BCUT2D eigenvalue weighted by Crippen LogP contribution is 2.31. The van der Waals surface area contributed by atoms with Crippen molar-refractivity contribution in [3.63, 3.8) is 0 Å². The van der Waals surface area contributed by atoms with Crippen LogP contribution in [-0.4, -0.2) is 42.6 Å². The second-order valence-corrected chi connectivity index (χ2v) is 6.29. The van der Waals surface area contributed by atoms with Crippen molar-refractivity contribution < 1.29 is 18.0 Å². The molecule has 2 N–H and O–H groups in total. The Morgan fingerprint density at radius 3 is 2.58 bits per heavy atom. The first-order chi connectivity index (χ1) is 12.3. The van der Waals surface area contributed by atoms with Gasteiger partial charge in [-0.05, 0) is 30.9 Å². The number of carbonyl (C=O) groups is 1. The first kappa shape index (κ1) is 19.8. The summed E-state index contributed by atoms with van der Waals surface area (Å²) in [6.07, 6.45) is -1.82. The predicted molar refractivity (Wildman–Crippen MR) is 95.9 cm³/mol. The highest BCUT2D eigenvalue weighted by atomic mass is 19.3. The molecule has 1 amide bonds. The summed E-state index contributed by atoms with van der Waals surface area (Å²) in [5.74, 6) is -2.15. The molecule has 0 saturated heterocycles. The van der Waals surface area contributed by atoms with E-state index in [9.17, 15) is 18.0 Å². The zero-order chi connectivity index (χ0) is 19.4. The lowest BCUT2D eigenvalue weighted by Gasteiger charge is -2.25. The van der Waals surface area contributed by atoms with Gasteiger partial charge in [-0.1, -0.05) is 36.4 Å². The van der Waals surface area contributed by atoms with Crippen LogP contribution in [0, 0.1) is 12.3 Å². The Hall–Kier alpha value is -2.57. The van der Waals surface area contributed by atoms with Crippen LogP contribution in [0.5, 0.6) is 0 Å². The molecular formula is C19H22F3N3O. The van der Waals surface area contributed by atoms with Gasteiger partial charge in [-0.2, -0.15) is 4.39 Å². The molecule has 1 fully saturated rings. The summed E-state index contributed by atoms with van der Waals surface area (Å²) in [6, 6.07) is 7.38. The van der Waals surface area contributed by atoms with Gasteiger partial charge in [-0.25, -0.2) is 8.78 Å². The Bertz CT molecular complexity index is 754. The summed E-state index contributed by atoms with van der Waals surface area (Å²) in [7, 11) is 1.18. The van der Waals surface area contributed by atoms with E-state index in [0.717, 1.165) is 11.1 Å². The van der Waals surface area contributed by atoms with Crippen LogP contribution in [0.2, 0.25) is 0 Å². The van der Waals surface area contributed by atoms with Crippen LogP contribution in [0.3, 0.4) is 0 Å². The van der Waals surface area contributed by atoms with E-state index >= 15 is 0 Å². The van der Waals surface area contributed by atoms with Gasteiger partial charge >= 0.3 is 0 Å². The highest BCUT2D eigenvalue weighted by Gasteiger charge is 2.38. The van der Waals surface area contributed by atoms with E-state index in [2.05, 4.69) is 11.9 Å². The van der Waals surface area contributed by atoms with Crippen molar-refractivity contribution in [3.05, 3.63) is 53.5 Å². The van der Waals surface area contributed by atoms with Crippen LogP contribution in [-0.2, 0) is 4.79 Å². The molecule has 0 heterocycles. The molecule has 0 radical (unpaired) electrons. The van der Waals surface area contributed by atoms with Gasteiger partial charge in [-0.3, -0.25) is 10.2 Å². The summed E-state index contributed by atoms with van der Waals surface area (Å²) < 4.78 is 39.9. The van der Waals surface area contributed by atoms with E-state index in [-0.39, 0.29) is 12.6 Å². The third-order valence-electron chi connectivity index (χ3n) is 4.18. The normalized spacial score (nSPS) is 14.7. The molecule has 7 heteroatoms. The molecule has 0 bridgehead atoms. The zero-order valence-electron chi connectivity index (χ0n) is 14.8. The standard InChI is InChI=1S/C19H22F3N3O/c1-11-5-4-6-13(9-11)12(2)10-25(14-7-8-14)19(26)15(18(22)24-3)16(23)17(20)21/h4-6,9,14,17,23-24H,2,7-8,10H2,1,3H3/b18-15+,23-16?. The summed E-state index contributed by atoms with van der Waals surface area (Å²) in [4.78, 5) is 14.1. The van der Waals surface area contributed by atoms with E-state index in [4.69, 9.17) is 5.41 Å². The Kier molecular flexibility index (Phi) is 6.23. The van der Waals surface area contributed by atoms with Crippen molar-refractivity contribution in [2.24, 2.45) is 0 Å². The molecule has 0 atom stereocenters. The molecule has 26 heavy (non-hydrogen) atoms. The van der Waals surface area contributed by atoms with E-state index in [1.54, 1.807) is 0 Å². The summed E-state index contributed by atoms with van der Waals surface area (Å²) in [5, 5.41) is 9.49. The molecule has 0 aliphatic heterocycles. The van der Waals surface area contributed by atoms with E-state index in [1.807, 2.05) is 31.2 Å². The molecular weight excluding hydrogens is 343 g/mol. The number of carbonyl (C=O) groups excluding carboxylic acids is 1. The SMILES string of the molecule is C=C(CN(C(=O)/C(C(=N)C(F)F)=C(\F)NC)C1CC1)c1cccc(C)c1. The average molecular weight is 365 g/mol. The first-order valence-corrected chi connectivity index (χ1v) is 8.26. The minimum absolute atomic E-state index is 0.0873. The summed E-state index contributed by atoms with van der Waals surface area (Å²) >= 11 is 0. The molecule has 0 aromatic heterocycles. The Balaban J connectivity index is 2.29. The Labute approximate surface area is 150 Å². The fourth-order valence-corrected chi connectivity index (χ4v) is 2.62. The molecule has 1 aliphatic rings. The van der Waals surface area contributed by atoms with Crippen LogP contribution in [0.4, 0.5) is 13.2 Å². The van der Waals surface area contributed by atoms with Crippen molar-refractivity contribution >= 4 is 17.2 Å². The van der Waals surface area contributed by atoms with Crippen molar-refractivity contribution in [2.75, 3.05) is 13.6 Å². The molecule has 4 nitrogen and oxygen atoms in total. The first-order valence-electron chi connectivity index (χ1n) is 8.26. The van der Waals surface area contributed by atoms with Crippen LogP contribution in [0.25, 0.3) is 5.57 Å². The number of nitrogens with zero attached hydrogens (tertiary/aromatic N) is 1. The minimum Gasteiger partial charge on any atom is -0.364 e. The Morgan fingerprint density at radius 1 is 1.42 bits per heavy atom. The highest BCUT2D eigenvalue weighted by molar-refractivity contribution is 6.22. The van der Waals surface area contributed by atoms with E-state index in [0.29, 0.717) is 18.4 Å². The number of hydrogen-bond acceptors (Lipinski definition) is 3.